The summed E-state index contributed by atoms with van der Waals surface area (Å²) in [6, 6.07) is 18.0. The van der Waals surface area contributed by atoms with Crippen molar-refractivity contribution in [3.8, 4) is 22.9 Å². The van der Waals surface area contributed by atoms with Gasteiger partial charge in [0.05, 0.1) is 5.52 Å². The number of rotatable bonds is 5. The first kappa shape index (κ1) is 17.4. The zero-order chi connectivity index (χ0) is 19.5. The molecule has 6 heteroatoms. The van der Waals surface area contributed by atoms with Crippen LogP contribution >= 0.6 is 0 Å². The fourth-order valence-corrected chi connectivity index (χ4v) is 3.40. The number of nitrogens with one attached hydrogen (secondary N) is 1. The number of pyridine rings is 1. The van der Waals surface area contributed by atoms with Gasteiger partial charge in [-0.05, 0) is 48.4 Å². The van der Waals surface area contributed by atoms with Gasteiger partial charge >= 0.3 is 0 Å². The smallest absolute Gasteiger partial charge is 0.163 e. The summed E-state index contributed by atoms with van der Waals surface area (Å²) >= 11 is 0. The number of anilines is 1. The van der Waals surface area contributed by atoms with Crippen LogP contribution in [0.3, 0.4) is 0 Å². The molecule has 2 aromatic carbocycles. The number of para-hydroxylation sites is 1. The van der Waals surface area contributed by atoms with Crippen molar-refractivity contribution >= 4 is 16.7 Å². The molecule has 6 nitrogen and oxygen atoms in total. The van der Waals surface area contributed by atoms with E-state index in [-0.39, 0.29) is 0 Å². The van der Waals surface area contributed by atoms with Crippen LogP contribution in [0, 0.1) is 0 Å². The maximum atomic E-state index is 5.68. The number of nitrogens with zero attached hydrogens (tertiary/aromatic N) is 3. The number of fused-ring (bicyclic) bond motifs is 2. The van der Waals surface area contributed by atoms with E-state index in [1.807, 2.05) is 42.5 Å². The molecular formula is C23H20N4O2. The van der Waals surface area contributed by atoms with E-state index in [0.717, 1.165) is 46.7 Å². The van der Waals surface area contributed by atoms with Crippen LogP contribution in [-0.4, -0.2) is 34.7 Å². The summed E-state index contributed by atoms with van der Waals surface area (Å²) in [6.07, 6.45) is 4.37. The third-order valence-corrected chi connectivity index (χ3v) is 4.84. The van der Waals surface area contributed by atoms with E-state index in [0.29, 0.717) is 19.0 Å². The number of hydrogen-bond acceptors (Lipinski definition) is 6. The maximum Gasteiger partial charge on any atom is 0.163 e. The van der Waals surface area contributed by atoms with Crippen LogP contribution in [0.1, 0.15) is 5.56 Å². The molecule has 5 rings (SSSR count). The van der Waals surface area contributed by atoms with E-state index in [1.54, 1.807) is 12.4 Å². The Bertz CT molecular complexity index is 1150. The predicted octanol–water partition coefficient (Wildman–Crippen LogP) is 4.12. The van der Waals surface area contributed by atoms with E-state index in [2.05, 4.69) is 22.4 Å². The van der Waals surface area contributed by atoms with Crippen LogP contribution in [0.15, 0.2) is 67.0 Å². The Labute approximate surface area is 168 Å². The molecule has 0 aliphatic carbocycles. The van der Waals surface area contributed by atoms with Gasteiger partial charge in [-0.3, -0.25) is 4.98 Å². The van der Waals surface area contributed by atoms with Gasteiger partial charge in [0.25, 0.3) is 0 Å². The highest BCUT2D eigenvalue weighted by Gasteiger charge is 2.12. The van der Waals surface area contributed by atoms with E-state index >= 15 is 0 Å². The van der Waals surface area contributed by atoms with Crippen molar-refractivity contribution in [2.24, 2.45) is 0 Å². The zero-order valence-electron chi connectivity index (χ0n) is 15.8. The van der Waals surface area contributed by atoms with Crippen molar-refractivity contribution in [1.29, 1.82) is 0 Å². The predicted molar refractivity (Wildman–Crippen MR) is 112 cm³/mol. The molecule has 0 unspecified atom stereocenters. The molecule has 0 spiro atoms. The van der Waals surface area contributed by atoms with E-state index in [1.165, 1.54) is 5.56 Å². The quantitative estimate of drug-likeness (QED) is 0.558. The molecule has 0 radical (unpaired) electrons. The summed E-state index contributed by atoms with van der Waals surface area (Å²) in [6.45, 7) is 1.94. The molecule has 0 amide bonds. The van der Waals surface area contributed by atoms with Crippen LogP contribution in [0.2, 0.25) is 0 Å². The standard InChI is InChI=1S/C23H20N4O2/c1-2-6-19-18(5-1)23(27-22(26-19)17-4-3-10-24-15-17)25-11-9-16-7-8-20-21(14-16)29-13-12-28-20/h1-8,10,14-15H,9,11-13H2,(H,25,26,27). The lowest BCUT2D eigenvalue weighted by molar-refractivity contribution is 0.171. The minimum atomic E-state index is 0.596. The van der Waals surface area contributed by atoms with Crippen molar-refractivity contribution in [2.75, 3.05) is 25.1 Å². The van der Waals surface area contributed by atoms with Gasteiger partial charge in [0, 0.05) is 29.9 Å². The number of aromatic nitrogens is 3. The van der Waals surface area contributed by atoms with E-state index in [4.69, 9.17) is 19.4 Å². The molecule has 4 aromatic rings. The molecule has 144 valence electrons. The van der Waals surface area contributed by atoms with Crippen LogP contribution in [0.5, 0.6) is 11.5 Å². The highest BCUT2D eigenvalue weighted by molar-refractivity contribution is 5.90. The molecule has 0 saturated carbocycles. The highest BCUT2D eigenvalue weighted by atomic mass is 16.6. The van der Waals surface area contributed by atoms with Gasteiger partial charge in [0.2, 0.25) is 0 Å². The summed E-state index contributed by atoms with van der Waals surface area (Å²) < 4.78 is 11.3. The highest BCUT2D eigenvalue weighted by Crippen LogP contribution is 2.31. The Morgan fingerprint density at radius 1 is 0.897 bits per heavy atom. The minimum absolute atomic E-state index is 0.596. The summed E-state index contributed by atoms with van der Waals surface area (Å²) in [7, 11) is 0. The summed E-state index contributed by atoms with van der Waals surface area (Å²) in [4.78, 5) is 13.6. The van der Waals surface area contributed by atoms with Crippen molar-refractivity contribution in [2.45, 2.75) is 6.42 Å². The molecular weight excluding hydrogens is 364 g/mol. The second-order valence-electron chi connectivity index (χ2n) is 6.81. The lowest BCUT2D eigenvalue weighted by Crippen LogP contribution is -2.15. The van der Waals surface area contributed by atoms with E-state index in [9.17, 15) is 0 Å². The topological polar surface area (TPSA) is 69.2 Å². The second kappa shape index (κ2) is 7.75. The van der Waals surface area contributed by atoms with Gasteiger partial charge in [-0.1, -0.05) is 18.2 Å². The fourth-order valence-electron chi connectivity index (χ4n) is 3.40. The van der Waals surface area contributed by atoms with Gasteiger partial charge in [0.1, 0.15) is 19.0 Å². The summed E-state index contributed by atoms with van der Waals surface area (Å²) in [5, 5.41) is 4.48. The molecule has 3 heterocycles. The lowest BCUT2D eigenvalue weighted by Gasteiger charge is -2.19. The van der Waals surface area contributed by atoms with Crippen LogP contribution < -0.4 is 14.8 Å². The zero-order valence-corrected chi connectivity index (χ0v) is 15.8. The molecule has 1 aliphatic rings. The number of hydrogen-bond donors (Lipinski definition) is 1. The Morgan fingerprint density at radius 3 is 2.69 bits per heavy atom. The largest absolute Gasteiger partial charge is 0.486 e. The van der Waals surface area contributed by atoms with Crippen molar-refractivity contribution < 1.29 is 9.47 Å². The van der Waals surface area contributed by atoms with Crippen LogP contribution in [-0.2, 0) is 6.42 Å². The summed E-state index contributed by atoms with van der Waals surface area (Å²) in [5.74, 6) is 3.13. The van der Waals surface area contributed by atoms with Crippen molar-refractivity contribution in [1.82, 2.24) is 15.0 Å². The molecule has 0 saturated heterocycles. The average Bonchev–Trinajstić information content (AvgIpc) is 2.79. The number of ether oxygens (including phenoxy) is 2. The molecule has 0 atom stereocenters. The Hall–Kier alpha value is -3.67. The molecule has 0 bridgehead atoms. The first-order chi connectivity index (χ1) is 14.4. The third kappa shape index (κ3) is 3.69. The summed E-state index contributed by atoms with van der Waals surface area (Å²) in [5.41, 5.74) is 2.99. The van der Waals surface area contributed by atoms with Crippen molar-refractivity contribution in [3.05, 3.63) is 72.6 Å². The molecule has 2 aromatic heterocycles. The Kier molecular flexibility index (Phi) is 4.66. The Morgan fingerprint density at radius 2 is 1.79 bits per heavy atom. The van der Waals surface area contributed by atoms with Crippen LogP contribution in [0.25, 0.3) is 22.3 Å². The number of benzene rings is 2. The Balaban J connectivity index is 1.38. The molecule has 1 aliphatic heterocycles. The molecule has 0 fully saturated rings. The van der Waals surface area contributed by atoms with Gasteiger partial charge in [0.15, 0.2) is 17.3 Å². The fraction of sp³-hybridized carbons (Fsp3) is 0.174. The normalized spacial score (nSPS) is 12.7. The minimum Gasteiger partial charge on any atom is -0.486 e. The first-order valence-electron chi connectivity index (χ1n) is 9.66. The first-order valence-corrected chi connectivity index (χ1v) is 9.66. The molecule has 29 heavy (non-hydrogen) atoms. The third-order valence-electron chi connectivity index (χ3n) is 4.84. The van der Waals surface area contributed by atoms with E-state index < -0.39 is 0 Å². The van der Waals surface area contributed by atoms with Gasteiger partial charge < -0.3 is 14.8 Å². The maximum absolute atomic E-state index is 5.68. The SMILES string of the molecule is c1cncc(-c2nc(NCCc3ccc4c(c3)OCCO4)c3ccccc3n2)c1. The van der Waals surface area contributed by atoms with Gasteiger partial charge in [-0.15, -0.1) is 0 Å². The second-order valence-corrected chi connectivity index (χ2v) is 6.81. The van der Waals surface area contributed by atoms with Crippen molar-refractivity contribution in [3.63, 3.8) is 0 Å². The molecule has 1 N–H and O–H groups in total. The van der Waals surface area contributed by atoms with Crippen LogP contribution in [0.4, 0.5) is 5.82 Å². The monoisotopic (exact) mass is 384 g/mol. The average molecular weight is 384 g/mol. The van der Waals surface area contributed by atoms with Gasteiger partial charge in [-0.25, -0.2) is 9.97 Å². The lowest BCUT2D eigenvalue weighted by atomic mass is 10.1. The van der Waals surface area contributed by atoms with Gasteiger partial charge in [-0.2, -0.15) is 0 Å².